The molecule has 0 saturated heterocycles. The van der Waals surface area contributed by atoms with Crippen molar-refractivity contribution < 1.29 is 10.2 Å². The average Bonchev–Trinajstić information content (AvgIpc) is 2.38. The van der Waals surface area contributed by atoms with Crippen molar-refractivity contribution >= 4 is 0 Å². The number of aromatic hydroxyl groups is 1. The third kappa shape index (κ3) is 2.80. The second-order valence-corrected chi connectivity index (χ2v) is 5.05. The van der Waals surface area contributed by atoms with Crippen LogP contribution < -0.4 is 11.5 Å². The highest BCUT2D eigenvalue weighted by molar-refractivity contribution is 5.40. The summed E-state index contributed by atoms with van der Waals surface area (Å²) in [5.41, 5.74) is 13.5. The van der Waals surface area contributed by atoms with Gasteiger partial charge in [-0.3, -0.25) is 0 Å². The van der Waals surface area contributed by atoms with E-state index in [1.54, 1.807) is 24.3 Å². The maximum Gasteiger partial charge on any atom is 0.120 e. The Kier molecular flexibility index (Phi) is 3.93. The molecule has 2 rings (SSSR count). The van der Waals surface area contributed by atoms with Crippen LogP contribution in [0.15, 0.2) is 47.7 Å². The largest absolute Gasteiger partial charge is 0.512 e. The monoisotopic (exact) mass is 260 g/mol. The van der Waals surface area contributed by atoms with Gasteiger partial charge < -0.3 is 21.7 Å². The molecule has 1 aliphatic rings. The number of aliphatic hydroxyl groups excluding tert-OH is 1. The molecule has 4 heteroatoms. The smallest absolute Gasteiger partial charge is 0.120 e. The molecule has 0 bridgehead atoms. The van der Waals surface area contributed by atoms with Gasteiger partial charge in [-0.25, -0.2) is 0 Å². The minimum absolute atomic E-state index is 0.124. The molecule has 0 aromatic heterocycles. The van der Waals surface area contributed by atoms with Gasteiger partial charge in [-0.1, -0.05) is 37.3 Å². The predicted molar refractivity (Wildman–Crippen MR) is 75.6 cm³/mol. The molecule has 0 radical (unpaired) electrons. The standard InChI is InChI=1S/C15H20N2O2/c1-9-6-7-11(13(19)8-9)15(17)14(16)10-4-2-3-5-12(10)18/h2-7,9,14-15,18-19H,8,16-17H2,1H3/t9?,14-,15+/m0/s1. The highest BCUT2D eigenvalue weighted by Gasteiger charge is 2.25. The van der Waals surface area contributed by atoms with E-state index in [0.29, 0.717) is 23.5 Å². The van der Waals surface area contributed by atoms with Gasteiger partial charge in [0.1, 0.15) is 5.75 Å². The molecule has 3 atom stereocenters. The van der Waals surface area contributed by atoms with Crippen molar-refractivity contribution in [3.63, 3.8) is 0 Å². The number of phenolic OH excluding ortho intramolecular Hbond substituents is 1. The van der Waals surface area contributed by atoms with E-state index in [0.717, 1.165) is 0 Å². The fraction of sp³-hybridized carbons (Fsp3) is 0.333. The van der Waals surface area contributed by atoms with Gasteiger partial charge in [0.05, 0.1) is 17.8 Å². The van der Waals surface area contributed by atoms with Gasteiger partial charge in [0.25, 0.3) is 0 Å². The Balaban J connectivity index is 2.25. The molecular formula is C15H20N2O2. The SMILES string of the molecule is CC1C=CC([C@@H](N)[C@@H](N)c2ccccc2O)=C(O)C1. The highest BCUT2D eigenvalue weighted by Crippen LogP contribution is 2.30. The Bertz CT molecular complexity index is 523. The topological polar surface area (TPSA) is 92.5 Å². The summed E-state index contributed by atoms with van der Waals surface area (Å²) >= 11 is 0. The summed E-state index contributed by atoms with van der Waals surface area (Å²) in [6.07, 6.45) is 4.41. The van der Waals surface area contributed by atoms with Gasteiger partial charge >= 0.3 is 0 Å². The van der Waals surface area contributed by atoms with Crippen molar-refractivity contribution in [3.05, 3.63) is 53.3 Å². The maximum absolute atomic E-state index is 10.0. The second kappa shape index (κ2) is 5.47. The van der Waals surface area contributed by atoms with E-state index in [9.17, 15) is 10.2 Å². The quantitative estimate of drug-likeness (QED) is 0.670. The van der Waals surface area contributed by atoms with Crippen molar-refractivity contribution in [3.8, 4) is 5.75 Å². The molecule has 4 nitrogen and oxygen atoms in total. The molecule has 102 valence electrons. The lowest BCUT2D eigenvalue weighted by Gasteiger charge is -2.25. The predicted octanol–water partition coefficient (Wildman–Crippen LogP) is 2.13. The summed E-state index contributed by atoms with van der Waals surface area (Å²) in [4.78, 5) is 0. The summed E-state index contributed by atoms with van der Waals surface area (Å²) in [6.45, 7) is 2.03. The first-order chi connectivity index (χ1) is 9.00. The van der Waals surface area contributed by atoms with Gasteiger partial charge in [-0.05, 0) is 12.0 Å². The summed E-state index contributed by atoms with van der Waals surface area (Å²) in [6, 6.07) is 5.75. The minimum atomic E-state index is -0.559. The molecular weight excluding hydrogens is 240 g/mol. The van der Waals surface area contributed by atoms with Gasteiger partial charge in [-0.2, -0.15) is 0 Å². The van der Waals surface area contributed by atoms with E-state index in [2.05, 4.69) is 0 Å². The molecule has 1 unspecified atom stereocenters. The fourth-order valence-electron chi connectivity index (χ4n) is 2.31. The van der Waals surface area contributed by atoms with Gasteiger partial charge in [-0.15, -0.1) is 0 Å². The van der Waals surface area contributed by atoms with Gasteiger partial charge in [0.15, 0.2) is 0 Å². The Morgan fingerprint density at radius 1 is 1.16 bits per heavy atom. The zero-order valence-electron chi connectivity index (χ0n) is 11.0. The maximum atomic E-state index is 10.0. The molecule has 19 heavy (non-hydrogen) atoms. The Hall–Kier alpha value is -1.78. The van der Waals surface area contributed by atoms with Crippen molar-refractivity contribution in [2.24, 2.45) is 17.4 Å². The first-order valence-corrected chi connectivity index (χ1v) is 6.40. The van der Waals surface area contributed by atoms with E-state index in [-0.39, 0.29) is 11.5 Å². The van der Waals surface area contributed by atoms with E-state index >= 15 is 0 Å². The summed E-state index contributed by atoms with van der Waals surface area (Å²) < 4.78 is 0. The molecule has 0 fully saturated rings. The second-order valence-electron chi connectivity index (χ2n) is 5.05. The Labute approximate surface area is 113 Å². The van der Waals surface area contributed by atoms with Crippen molar-refractivity contribution in [2.75, 3.05) is 0 Å². The zero-order valence-corrected chi connectivity index (χ0v) is 11.0. The lowest BCUT2D eigenvalue weighted by Crippen LogP contribution is -2.36. The van der Waals surface area contributed by atoms with Crippen LogP contribution in [0.25, 0.3) is 0 Å². The number of nitrogens with two attached hydrogens (primary N) is 2. The van der Waals surface area contributed by atoms with E-state index in [1.807, 2.05) is 19.1 Å². The highest BCUT2D eigenvalue weighted by atomic mass is 16.3. The summed E-state index contributed by atoms with van der Waals surface area (Å²) in [5, 5.41) is 19.8. The van der Waals surface area contributed by atoms with Crippen LogP contribution in [-0.2, 0) is 0 Å². The van der Waals surface area contributed by atoms with Crippen molar-refractivity contribution in [1.82, 2.24) is 0 Å². The Morgan fingerprint density at radius 2 is 1.84 bits per heavy atom. The summed E-state index contributed by atoms with van der Waals surface area (Å²) in [7, 11) is 0. The fourth-order valence-corrected chi connectivity index (χ4v) is 2.31. The average molecular weight is 260 g/mol. The third-order valence-corrected chi connectivity index (χ3v) is 3.49. The van der Waals surface area contributed by atoms with Crippen LogP contribution in [0.5, 0.6) is 5.75 Å². The number of hydrogen-bond donors (Lipinski definition) is 4. The number of benzene rings is 1. The van der Waals surface area contributed by atoms with Crippen LogP contribution in [-0.4, -0.2) is 16.3 Å². The molecule has 6 N–H and O–H groups in total. The van der Waals surface area contributed by atoms with Crippen LogP contribution in [0.2, 0.25) is 0 Å². The molecule has 0 spiro atoms. The van der Waals surface area contributed by atoms with Crippen LogP contribution in [0.1, 0.15) is 24.9 Å². The van der Waals surface area contributed by atoms with Crippen molar-refractivity contribution in [2.45, 2.75) is 25.4 Å². The van der Waals surface area contributed by atoms with Crippen LogP contribution >= 0.6 is 0 Å². The first-order valence-electron chi connectivity index (χ1n) is 6.40. The molecule has 1 aromatic carbocycles. The zero-order chi connectivity index (χ0) is 14.0. The van der Waals surface area contributed by atoms with Crippen molar-refractivity contribution in [1.29, 1.82) is 0 Å². The molecule has 0 amide bonds. The minimum Gasteiger partial charge on any atom is -0.512 e. The number of phenols is 1. The molecule has 0 heterocycles. The van der Waals surface area contributed by atoms with E-state index in [1.165, 1.54) is 0 Å². The molecule has 0 saturated carbocycles. The summed E-state index contributed by atoms with van der Waals surface area (Å²) in [5.74, 6) is 0.712. The first kappa shape index (κ1) is 13.6. The van der Waals surface area contributed by atoms with Crippen LogP contribution in [0.4, 0.5) is 0 Å². The molecule has 1 aromatic rings. The van der Waals surface area contributed by atoms with Crippen LogP contribution in [0, 0.1) is 5.92 Å². The third-order valence-electron chi connectivity index (χ3n) is 3.49. The van der Waals surface area contributed by atoms with Gasteiger partial charge in [0.2, 0.25) is 0 Å². The van der Waals surface area contributed by atoms with E-state index in [4.69, 9.17) is 11.5 Å². The number of para-hydroxylation sites is 1. The van der Waals surface area contributed by atoms with Crippen LogP contribution in [0.3, 0.4) is 0 Å². The number of hydrogen-bond acceptors (Lipinski definition) is 4. The lowest BCUT2D eigenvalue weighted by molar-refractivity contribution is 0.355. The normalized spacial score (nSPS) is 22.4. The van der Waals surface area contributed by atoms with Gasteiger partial charge in [0, 0.05) is 17.6 Å². The number of aliphatic hydroxyl groups is 1. The number of rotatable bonds is 3. The molecule has 0 aliphatic heterocycles. The lowest BCUT2D eigenvalue weighted by atomic mass is 9.88. The Morgan fingerprint density at radius 3 is 2.47 bits per heavy atom. The molecule has 1 aliphatic carbocycles. The van der Waals surface area contributed by atoms with E-state index < -0.39 is 12.1 Å². The number of allylic oxidation sites excluding steroid dienone is 2.